The van der Waals surface area contributed by atoms with Crippen LogP contribution in [-0.2, 0) is 17.8 Å². The van der Waals surface area contributed by atoms with E-state index in [1.807, 2.05) is 12.4 Å². The maximum absolute atomic E-state index is 5.54. The number of hydrogen-bond donors (Lipinski definition) is 1. The first-order chi connectivity index (χ1) is 7.75. The number of ether oxygens (including phenoxy) is 1. The van der Waals surface area contributed by atoms with Crippen LogP contribution >= 0.6 is 0 Å². The van der Waals surface area contributed by atoms with Crippen LogP contribution in [0.3, 0.4) is 0 Å². The maximum Gasteiger partial charge on any atom is 0.122 e. The predicted octanol–water partition coefficient (Wildman–Crippen LogP) is 1.56. The lowest BCUT2D eigenvalue weighted by Gasteiger charge is -2.10. The molecule has 0 aromatic carbocycles. The molecule has 16 heavy (non-hydrogen) atoms. The molecule has 0 bridgehead atoms. The lowest BCUT2D eigenvalue weighted by atomic mass is 10.5. The lowest BCUT2D eigenvalue weighted by Crippen LogP contribution is -2.20. The van der Waals surface area contributed by atoms with Gasteiger partial charge in [0.25, 0.3) is 0 Å². The molecule has 1 fully saturated rings. The summed E-state index contributed by atoms with van der Waals surface area (Å²) in [7, 11) is 0. The first-order valence-electron chi connectivity index (χ1n) is 6.10. The van der Waals surface area contributed by atoms with E-state index in [0.717, 1.165) is 31.6 Å². The van der Waals surface area contributed by atoms with Crippen LogP contribution in [-0.4, -0.2) is 28.3 Å². The van der Waals surface area contributed by atoms with Crippen LogP contribution < -0.4 is 5.32 Å². The van der Waals surface area contributed by atoms with Gasteiger partial charge in [-0.1, -0.05) is 0 Å². The molecule has 0 radical (unpaired) electrons. The zero-order valence-electron chi connectivity index (χ0n) is 10.1. The molecule has 1 saturated carbocycles. The minimum Gasteiger partial charge on any atom is -0.377 e. The van der Waals surface area contributed by atoms with Gasteiger partial charge in [0, 0.05) is 25.0 Å². The normalized spacial score (nSPS) is 15.9. The van der Waals surface area contributed by atoms with Crippen molar-refractivity contribution in [3.8, 4) is 0 Å². The van der Waals surface area contributed by atoms with Crippen molar-refractivity contribution in [1.82, 2.24) is 14.9 Å². The van der Waals surface area contributed by atoms with Crippen LogP contribution in [0.25, 0.3) is 0 Å². The van der Waals surface area contributed by atoms with Crippen LogP contribution in [0.4, 0.5) is 0 Å². The Morgan fingerprint density at radius 3 is 3.06 bits per heavy atom. The summed E-state index contributed by atoms with van der Waals surface area (Å²) in [6, 6.07) is 0.733. The van der Waals surface area contributed by atoms with E-state index < -0.39 is 0 Å². The summed E-state index contributed by atoms with van der Waals surface area (Å²) in [4.78, 5) is 4.36. The lowest BCUT2D eigenvalue weighted by molar-refractivity contribution is 0.0723. The van der Waals surface area contributed by atoms with Gasteiger partial charge in [-0.3, -0.25) is 0 Å². The fourth-order valence-electron chi connectivity index (χ4n) is 1.62. The number of hydrogen-bond acceptors (Lipinski definition) is 3. The summed E-state index contributed by atoms with van der Waals surface area (Å²) in [5.74, 6) is 1.11. The van der Waals surface area contributed by atoms with Gasteiger partial charge in [-0.05, 0) is 26.7 Å². The summed E-state index contributed by atoms with van der Waals surface area (Å²) in [5.41, 5.74) is 0. The highest BCUT2D eigenvalue weighted by Crippen LogP contribution is 2.18. The smallest absolute Gasteiger partial charge is 0.122 e. The van der Waals surface area contributed by atoms with Crippen molar-refractivity contribution in [3.05, 3.63) is 18.2 Å². The molecule has 0 spiro atoms. The zero-order chi connectivity index (χ0) is 11.4. The third-order valence-corrected chi connectivity index (χ3v) is 2.71. The Hall–Kier alpha value is -0.870. The topological polar surface area (TPSA) is 39.1 Å². The molecule has 1 aliphatic rings. The molecular formula is C12H21N3O. The Morgan fingerprint density at radius 1 is 1.56 bits per heavy atom. The Bertz CT molecular complexity index is 318. The van der Waals surface area contributed by atoms with Crippen LogP contribution in [0.5, 0.6) is 0 Å². The summed E-state index contributed by atoms with van der Waals surface area (Å²) in [6.45, 7) is 6.64. The average Bonchev–Trinajstić information content (AvgIpc) is 2.96. The Balaban J connectivity index is 1.76. The first kappa shape index (κ1) is 11.6. The van der Waals surface area contributed by atoms with Gasteiger partial charge in [0.2, 0.25) is 0 Å². The molecule has 0 atom stereocenters. The predicted molar refractivity (Wildman–Crippen MR) is 63.2 cm³/mol. The summed E-state index contributed by atoms with van der Waals surface area (Å²) in [6.07, 6.45) is 6.82. The second-order valence-corrected chi connectivity index (χ2v) is 4.61. The largest absolute Gasteiger partial charge is 0.377 e. The molecule has 1 heterocycles. The maximum atomic E-state index is 5.54. The molecule has 4 nitrogen and oxygen atoms in total. The van der Waals surface area contributed by atoms with Gasteiger partial charge in [0.15, 0.2) is 0 Å². The van der Waals surface area contributed by atoms with E-state index in [1.165, 1.54) is 12.8 Å². The minimum atomic E-state index is 0.302. The van der Waals surface area contributed by atoms with Crippen molar-refractivity contribution >= 4 is 0 Å². The number of aromatic nitrogens is 2. The van der Waals surface area contributed by atoms with Crippen LogP contribution in [0.1, 0.15) is 32.5 Å². The number of rotatable bonds is 7. The van der Waals surface area contributed by atoms with E-state index in [0.29, 0.717) is 6.10 Å². The van der Waals surface area contributed by atoms with Crippen molar-refractivity contribution in [2.75, 3.05) is 6.61 Å². The molecule has 0 saturated heterocycles. The van der Waals surface area contributed by atoms with Gasteiger partial charge < -0.3 is 14.6 Å². The van der Waals surface area contributed by atoms with Crippen LogP contribution in [0.2, 0.25) is 0 Å². The van der Waals surface area contributed by atoms with Gasteiger partial charge in [-0.25, -0.2) is 4.98 Å². The highest BCUT2D eigenvalue weighted by atomic mass is 16.5. The Morgan fingerprint density at radius 2 is 2.38 bits per heavy atom. The summed E-state index contributed by atoms with van der Waals surface area (Å²) >= 11 is 0. The number of nitrogens with one attached hydrogen (secondary N) is 1. The molecule has 0 amide bonds. The standard InChI is InChI=1S/C12H21N3O/c1-10(2)16-8-7-15-6-5-13-12(15)9-14-11-3-4-11/h5-6,10-11,14H,3-4,7-9H2,1-2H3. The van der Waals surface area contributed by atoms with E-state index >= 15 is 0 Å². The van der Waals surface area contributed by atoms with Gasteiger partial charge >= 0.3 is 0 Å². The summed E-state index contributed by atoms with van der Waals surface area (Å²) in [5, 5.41) is 3.47. The third kappa shape index (κ3) is 3.61. The summed E-state index contributed by atoms with van der Waals surface area (Å²) < 4.78 is 7.70. The van der Waals surface area contributed by atoms with Crippen molar-refractivity contribution in [3.63, 3.8) is 0 Å². The van der Waals surface area contributed by atoms with Crippen LogP contribution in [0.15, 0.2) is 12.4 Å². The van der Waals surface area contributed by atoms with Gasteiger partial charge in [0.05, 0.1) is 19.3 Å². The van der Waals surface area contributed by atoms with Crippen molar-refractivity contribution < 1.29 is 4.74 Å². The molecule has 0 unspecified atom stereocenters. The van der Waals surface area contributed by atoms with Gasteiger partial charge in [-0.2, -0.15) is 0 Å². The quantitative estimate of drug-likeness (QED) is 0.762. The molecule has 90 valence electrons. The minimum absolute atomic E-state index is 0.302. The molecule has 2 rings (SSSR count). The SMILES string of the molecule is CC(C)OCCn1ccnc1CNC1CC1. The van der Waals surface area contributed by atoms with Crippen molar-refractivity contribution in [2.45, 2.75) is 51.9 Å². The molecular weight excluding hydrogens is 202 g/mol. The van der Waals surface area contributed by atoms with Gasteiger partial charge in [0.1, 0.15) is 5.82 Å². The zero-order valence-corrected chi connectivity index (χ0v) is 10.1. The Labute approximate surface area is 97.0 Å². The average molecular weight is 223 g/mol. The van der Waals surface area contributed by atoms with Gasteiger partial charge in [-0.15, -0.1) is 0 Å². The highest BCUT2D eigenvalue weighted by Gasteiger charge is 2.20. The highest BCUT2D eigenvalue weighted by molar-refractivity contribution is 4.94. The fraction of sp³-hybridized carbons (Fsp3) is 0.750. The second-order valence-electron chi connectivity index (χ2n) is 4.61. The first-order valence-corrected chi connectivity index (χ1v) is 6.10. The fourth-order valence-corrected chi connectivity index (χ4v) is 1.62. The molecule has 4 heteroatoms. The molecule has 1 aromatic heterocycles. The Kier molecular flexibility index (Phi) is 3.96. The molecule has 1 aromatic rings. The number of imidazole rings is 1. The van der Waals surface area contributed by atoms with E-state index in [2.05, 4.69) is 28.7 Å². The van der Waals surface area contributed by atoms with E-state index in [-0.39, 0.29) is 0 Å². The molecule has 1 aliphatic carbocycles. The third-order valence-electron chi connectivity index (χ3n) is 2.71. The molecule has 0 aliphatic heterocycles. The van der Waals surface area contributed by atoms with E-state index in [1.54, 1.807) is 0 Å². The number of nitrogens with zero attached hydrogens (tertiary/aromatic N) is 2. The monoisotopic (exact) mass is 223 g/mol. The van der Waals surface area contributed by atoms with Crippen LogP contribution in [0, 0.1) is 0 Å². The van der Waals surface area contributed by atoms with E-state index in [4.69, 9.17) is 4.74 Å². The van der Waals surface area contributed by atoms with Crippen molar-refractivity contribution in [1.29, 1.82) is 0 Å². The van der Waals surface area contributed by atoms with E-state index in [9.17, 15) is 0 Å². The second kappa shape index (κ2) is 5.46. The molecule has 1 N–H and O–H groups in total. The van der Waals surface area contributed by atoms with Crippen molar-refractivity contribution in [2.24, 2.45) is 0 Å².